The van der Waals surface area contributed by atoms with Crippen molar-refractivity contribution in [2.24, 2.45) is 0 Å². The van der Waals surface area contributed by atoms with Crippen molar-refractivity contribution >= 4 is 9.24 Å². The van der Waals surface area contributed by atoms with Crippen LogP contribution in [0.25, 0.3) is 0 Å². The molecule has 0 aliphatic rings. The van der Waals surface area contributed by atoms with Crippen molar-refractivity contribution in [3.63, 3.8) is 0 Å². The smallest absolute Gasteiger partial charge is 0.00257 e. The summed E-state index contributed by atoms with van der Waals surface area (Å²) in [5.41, 5.74) is 3.28. The minimum Gasteiger partial charge on any atom is -0.129 e. The highest BCUT2D eigenvalue weighted by atomic mass is 31.0. The van der Waals surface area contributed by atoms with E-state index < -0.39 is 0 Å². The van der Waals surface area contributed by atoms with E-state index in [0.29, 0.717) is 5.66 Å². The minimum absolute atomic E-state index is 0.508. The zero-order valence-electron chi connectivity index (χ0n) is 8.64. The lowest BCUT2D eigenvalue weighted by atomic mass is 10.0. The molecule has 2 aromatic carbocycles. The second kappa shape index (κ2) is 5.09. The van der Waals surface area contributed by atoms with Crippen molar-refractivity contribution in [1.29, 1.82) is 0 Å². The van der Waals surface area contributed by atoms with E-state index in [1.165, 1.54) is 11.1 Å². The monoisotopic (exact) mass is 214 g/mol. The molecule has 0 aromatic heterocycles. The van der Waals surface area contributed by atoms with Crippen LogP contribution in [0.4, 0.5) is 0 Å². The highest BCUT2D eigenvalue weighted by Crippen LogP contribution is 2.26. The molecule has 0 amide bonds. The number of hydrogen-bond acceptors (Lipinski definition) is 0. The number of benzene rings is 2. The molecule has 2 unspecified atom stereocenters. The summed E-state index contributed by atoms with van der Waals surface area (Å²) in [7, 11) is 2.92. The maximum absolute atomic E-state index is 2.92. The highest BCUT2D eigenvalue weighted by molar-refractivity contribution is 7.17. The summed E-state index contributed by atoms with van der Waals surface area (Å²) >= 11 is 0. The maximum Gasteiger partial charge on any atom is 0.00257 e. The predicted octanol–water partition coefficient (Wildman–Crippen LogP) is 3.85. The molecule has 2 atom stereocenters. The molecular weight excluding hydrogens is 199 g/mol. The van der Waals surface area contributed by atoms with Crippen LogP contribution in [0.2, 0.25) is 0 Å². The molecule has 0 saturated carbocycles. The molecule has 0 saturated heterocycles. The van der Waals surface area contributed by atoms with Crippen molar-refractivity contribution in [1.82, 2.24) is 0 Å². The molecule has 76 valence electrons. The summed E-state index contributed by atoms with van der Waals surface area (Å²) in [6, 6.07) is 21.2. The molecule has 0 nitrogen and oxygen atoms in total. The van der Waals surface area contributed by atoms with Gasteiger partial charge >= 0.3 is 0 Å². The van der Waals surface area contributed by atoms with Gasteiger partial charge in [-0.2, -0.15) is 0 Å². The van der Waals surface area contributed by atoms with Gasteiger partial charge in [0.2, 0.25) is 0 Å². The SMILES string of the molecule is PC(Cc1ccccc1)c1ccccc1. The first-order chi connectivity index (χ1) is 7.36. The van der Waals surface area contributed by atoms with E-state index in [2.05, 4.69) is 69.9 Å². The third-order valence-electron chi connectivity index (χ3n) is 2.53. The van der Waals surface area contributed by atoms with E-state index in [1.54, 1.807) is 0 Å². The Morgan fingerprint density at radius 1 is 0.800 bits per heavy atom. The quantitative estimate of drug-likeness (QED) is 0.681. The lowest BCUT2D eigenvalue weighted by Crippen LogP contribution is -1.94. The first-order valence-electron chi connectivity index (χ1n) is 5.21. The Balaban J connectivity index is 2.08. The Kier molecular flexibility index (Phi) is 3.53. The molecule has 2 rings (SSSR count). The predicted molar refractivity (Wildman–Crippen MR) is 69.0 cm³/mol. The standard InChI is InChI=1S/C14H15P/c15-14(13-9-5-2-6-10-13)11-12-7-3-1-4-8-12/h1-10,14H,11,15H2. The first-order valence-corrected chi connectivity index (χ1v) is 5.87. The fourth-order valence-corrected chi connectivity index (χ4v) is 2.18. The number of rotatable bonds is 3. The second-order valence-corrected chi connectivity index (χ2v) is 4.51. The van der Waals surface area contributed by atoms with Crippen molar-refractivity contribution in [2.45, 2.75) is 12.1 Å². The first kappa shape index (κ1) is 10.4. The molecule has 1 heteroatoms. The Morgan fingerprint density at radius 2 is 1.33 bits per heavy atom. The van der Waals surface area contributed by atoms with Gasteiger partial charge in [0.25, 0.3) is 0 Å². The summed E-state index contributed by atoms with van der Waals surface area (Å²) < 4.78 is 0. The van der Waals surface area contributed by atoms with E-state index in [-0.39, 0.29) is 0 Å². The van der Waals surface area contributed by atoms with Crippen LogP contribution in [-0.4, -0.2) is 0 Å². The normalized spacial score (nSPS) is 12.3. The van der Waals surface area contributed by atoms with Crippen molar-refractivity contribution in [2.75, 3.05) is 0 Å². The molecule has 2 aromatic rings. The van der Waals surface area contributed by atoms with Crippen LogP contribution in [0, 0.1) is 0 Å². The Morgan fingerprint density at radius 3 is 1.93 bits per heavy atom. The molecule has 0 bridgehead atoms. The summed E-state index contributed by atoms with van der Waals surface area (Å²) in [4.78, 5) is 0. The molecular formula is C14H15P. The lowest BCUT2D eigenvalue weighted by molar-refractivity contribution is 0.933. The zero-order valence-corrected chi connectivity index (χ0v) is 9.79. The molecule has 0 radical (unpaired) electrons. The van der Waals surface area contributed by atoms with Crippen LogP contribution in [0.1, 0.15) is 16.8 Å². The molecule has 0 spiro atoms. The molecule has 0 N–H and O–H groups in total. The fourth-order valence-electron chi connectivity index (χ4n) is 1.69. The van der Waals surface area contributed by atoms with Gasteiger partial charge in [-0.25, -0.2) is 0 Å². The Bertz CT molecular complexity index is 394. The van der Waals surface area contributed by atoms with Crippen LogP contribution >= 0.6 is 9.24 Å². The van der Waals surface area contributed by atoms with E-state index in [4.69, 9.17) is 0 Å². The van der Waals surface area contributed by atoms with Gasteiger partial charge in [0.1, 0.15) is 0 Å². The van der Waals surface area contributed by atoms with Crippen LogP contribution in [0.3, 0.4) is 0 Å². The van der Waals surface area contributed by atoms with Gasteiger partial charge in [-0.05, 0) is 17.5 Å². The summed E-state index contributed by atoms with van der Waals surface area (Å²) in [6.07, 6.45) is 1.08. The van der Waals surface area contributed by atoms with E-state index in [9.17, 15) is 0 Å². The molecule has 0 aliphatic heterocycles. The zero-order chi connectivity index (χ0) is 10.5. The van der Waals surface area contributed by atoms with Gasteiger partial charge < -0.3 is 0 Å². The Labute approximate surface area is 93.5 Å². The van der Waals surface area contributed by atoms with Gasteiger partial charge in [-0.1, -0.05) is 60.7 Å². The fraction of sp³-hybridized carbons (Fsp3) is 0.143. The second-order valence-electron chi connectivity index (χ2n) is 3.71. The largest absolute Gasteiger partial charge is 0.129 e. The van der Waals surface area contributed by atoms with Gasteiger partial charge in [0.05, 0.1) is 0 Å². The Hall–Kier alpha value is -1.13. The van der Waals surface area contributed by atoms with Crippen molar-refractivity contribution in [3.8, 4) is 0 Å². The van der Waals surface area contributed by atoms with Crippen LogP contribution in [0.5, 0.6) is 0 Å². The van der Waals surface area contributed by atoms with E-state index in [1.807, 2.05) is 0 Å². The molecule has 15 heavy (non-hydrogen) atoms. The topological polar surface area (TPSA) is 0 Å². The van der Waals surface area contributed by atoms with Crippen molar-refractivity contribution in [3.05, 3.63) is 71.8 Å². The molecule has 0 aliphatic carbocycles. The molecule has 0 heterocycles. The van der Waals surface area contributed by atoms with Crippen LogP contribution < -0.4 is 0 Å². The lowest BCUT2D eigenvalue weighted by Gasteiger charge is -2.11. The van der Waals surface area contributed by atoms with E-state index >= 15 is 0 Å². The summed E-state index contributed by atoms with van der Waals surface area (Å²) in [5, 5.41) is 0. The number of hydrogen-bond donors (Lipinski definition) is 0. The summed E-state index contributed by atoms with van der Waals surface area (Å²) in [6.45, 7) is 0. The highest BCUT2D eigenvalue weighted by Gasteiger charge is 2.05. The van der Waals surface area contributed by atoms with Gasteiger partial charge in [-0.3, -0.25) is 0 Å². The van der Waals surface area contributed by atoms with Gasteiger partial charge in [0, 0.05) is 5.66 Å². The van der Waals surface area contributed by atoms with Gasteiger partial charge in [-0.15, -0.1) is 9.24 Å². The summed E-state index contributed by atoms with van der Waals surface area (Å²) in [5.74, 6) is 0. The van der Waals surface area contributed by atoms with Crippen molar-refractivity contribution < 1.29 is 0 Å². The average Bonchev–Trinajstić information content (AvgIpc) is 2.31. The average molecular weight is 214 g/mol. The van der Waals surface area contributed by atoms with Crippen LogP contribution in [0.15, 0.2) is 60.7 Å². The van der Waals surface area contributed by atoms with Gasteiger partial charge in [0.15, 0.2) is 0 Å². The maximum atomic E-state index is 2.92. The minimum atomic E-state index is 0.508. The third-order valence-corrected chi connectivity index (χ3v) is 3.15. The third kappa shape index (κ3) is 2.91. The van der Waals surface area contributed by atoms with Crippen LogP contribution in [-0.2, 0) is 6.42 Å². The van der Waals surface area contributed by atoms with E-state index in [0.717, 1.165) is 6.42 Å². The molecule has 0 fully saturated rings.